The number of thiazole rings is 1. The van der Waals surface area contributed by atoms with Gasteiger partial charge in [-0.2, -0.15) is 0 Å². The van der Waals surface area contributed by atoms with Crippen molar-refractivity contribution in [3.05, 3.63) is 16.1 Å². The van der Waals surface area contributed by atoms with Gasteiger partial charge < -0.3 is 10.6 Å². The van der Waals surface area contributed by atoms with Crippen molar-refractivity contribution >= 4 is 41.3 Å². The van der Waals surface area contributed by atoms with Crippen molar-refractivity contribution in [2.75, 3.05) is 19.6 Å². The summed E-state index contributed by atoms with van der Waals surface area (Å²) in [6.07, 6.45) is 3.40. The minimum absolute atomic E-state index is 0. The van der Waals surface area contributed by atoms with E-state index < -0.39 is 0 Å². The van der Waals surface area contributed by atoms with Gasteiger partial charge in [-0.25, -0.2) is 4.98 Å². The van der Waals surface area contributed by atoms with Crippen LogP contribution >= 0.6 is 35.3 Å². The number of hydrogen-bond acceptors (Lipinski definition) is 3. The third kappa shape index (κ3) is 5.68. The summed E-state index contributed by atoms with van der Waals surface area (Å²) in [5.41, 5.74) is 7.37. The van der Waals surface area contributed by atoms with E-state index in [1.165, 1.54) is 17.8 Å². The van der Waals surface area contributed by atoms with Crippen LogP contribution in [0.2, 0.25) is 0 Å². The average molecular weight is 436 g/mol. The molecule has 6 heteroatoms. The van der Waals surface area contributed by atoms with Gasteiger partial charge in [0.05, 0.1) is 10.7 Å². The molecule has 1 saturated heterocycles. The Balaban J connectivity index is 0.00000242. The molecule has 4 nitrogen and oxygen atoms in total. The number of likely N-dealkylation sites (tertiary alicyclic amines) is 1. The molecule has 0 saturated carbocycles. The van der Waals surface area contributed by atoms with E-state index in [9.17, 15) is 0 Å². The highest BCUT2D eigenvalue weighted by atomic mass is 127. The molecular formula is C16H29IN4S. The average Bonchev–Trinajstić information content (AvgIpc) is 2.87. The van der Waals surface area contributed by atoms with Crippen LogP contribution in [0.1, 0.15) is 51.2 Å². The Morgan fingerprint density at radius 2 is 2.23 bits per heavy atom. The highest BCUT2D eigenvalue weighted by Gasteiger charge is 2.19. The van der Waals surface area contributed by atoms with Crippen LogP contribution in [0.5, 0.6) is 0 Å². The number of nitrogens with two attached hydrogens (primary N) is 1. The molecule has 22 heavy (non-hydrogen) atoms. The van der Waals surface area contributed by atoms with Gasteiger partial charge in [-0.15, -0.1) is 35.3 Å². The molecule has 0 aliphatic carbocycles. The van der Waals surface area contributed by atoms with E-state index in [2.05, 4.69) is 43.0 Å². The largest absolute Gasteiger partial charge is 0.370 e. The Kier molecular flexibility index (Phi) is 7.58. The van der Waals surface area contributed by atoms with Crippen molar-refractivity contribution in [1.82, 2.24) is 9.88 Å². The first-order valence-electron chi connectivity index (χ1n) is 7.86. The summed E-state index contributed by atoms with van der Waals surface area (Å²) >= 11 is 1.74. The molecule has 2 heterocycles. The van der Waals surface area contributed by atoms with Crippen molar-refractivity contribution in [2.45, 2.75) is 52.4 Å². The maximum atomic E-state index is 6.11. The number of piperidine rings is 1. The number of halogens is 1. The van der Waals surface area contributed by atoms with Gasteiger partial charge in [-0.1, -0.05) is 27.7 Å². The van der Waals surface area contributed by atoms with Crippen LogP contribution in [-0.2, 0) is 11.8 Å². The second-order valence-corrected chi connectivity index (χ2v) is 7.94. The van der Waals surface area contributed by atoms with Gasteiger partial charge >= 0.3 is 0 Å². The molecule has 2 N–H and O–H groups in total. The summed E-state index contributed by atoms with van der Waals surface area (Å²) in [7, 11) is 0. The van der Waals surface area contributed by atoms with Gasteiger partial charge in [0.1, 0.15) is 0 Å². The van der Waals surface area contributed by atoms with Gasteiger partial charge in [0.2, 0.25) is 0 Å². The van der Waals surface area contributed by atoms with Gasteiger partial charge in [-0.3, -0.25) is 4.99 Å². The number of hydrogen-bond donors (Lipinski definition) is 1. The van der Waals surface area contributed by atoms with Crippen LogP contribution in [0.4, 0.5) is 0 Å². The fourth-order valence-corrected chi connectivity index (χ4v) is 3.49. The van der Waals surface area contributed by atoms with Crippen molar-refractivity contribution in [3.63, 3.8) is 0 Å². The minimum atomic E-state index is 0. The van der Waals surface area contributed by atoms with Crippen molar-refractivity contribution in [1.29, 1.82) is 0 Å². The van der Waals surface area contributed by atoms with Crippen LogP contribution < -0.4 is 5.73 Å². The smallest absolute Gasteiger partial charge is 0.191 e. The highest BCUT2D eigenvalue weighted by Crippen LogP contribution is 2.25. The Hall–Kier alpha value is -0.370. The SMILES string of the molecule is CC1CCCN(C(N)=NCCc2csc(C(C)(C)C)n2)C1.I. The minimum Gasteiger partial charge on any atom is -0.370 e. The lowest BCUT2D eigenvalue weighted by Crippen LogP contribution is -2.43. The second-order valence-electron chi connectivity index (χ2n) is 7.08. The summed E-state index contributed by atoms with van der Waals surface area (Å²) in [6, 6.07) is 0. The highest BCUT2D eigenvalue weighted by molar-refractivity contribution is 14.0. The van der Waals surface area contributed by atoms with Crippen LogP contribution in [-0.4, -0.2) is 35.5 Å². The van der Waals surface area contributed by atoms with E-state index in [4.69, 9.17) is 10.7 Å². The Morgan fingerprint density at radius 1 is 1.50 bits per heavy atom. The molecule has 1 fully saturated rings. The normalized spacial score (nSPS) is 19.9. The first kappa shape index (κ1) is 19.7. The first-order chi connectivity index (χ1) is 9.86. The molecule has 1 unspecified atom stereocenters. The van der Waals surface area contributed by atoms with Gasteiger partial charge in [0.15, 0.2) is 5.96 Å². The monoisotopic (exact) mass is 436 g/mol. The van der Waals surface area contributed by atoms with Crippen LogP contribution in [0.25, 0.3) is 0 Å². The second kappa shape index (κ2) is 8.47. The Labute approximate surface area is 155 Å². The van der Waals surface area contributed by atoms with Crippen molar-refractivity contribution in [2.24, 2.45) is 16.6 Å². The molecule has 2 rings (SSSR count). The van der Waals surface area contributed by atoms with Crippen molar-refractivity contribution < 1.29 is 0 Å². The van der Waals surface area contributed by atoms with Crippen LogP contribution in [0, 0.1) is 5.92 Å². The number of nitrogens with zero attached hydrogens (tertiary/aromatic N) is 3. The lowest BCUT2D eigenvalue weighted by molar-refractivity contribution is 0.270. The Morgan fingerprint density at radius 3 is 2.82 bits per heavy atom. The predicted octanol–water partition coefficient (Wildman–Crippen LogP) is 3.65. The number of rotatable bonds is 3. The number of guanidine groups is 1. The topological polar surface area (TPSA) is 54.5 Å². The molecule has 0 spiro atoms. The van der Waals surface area contributed by atoms with Crippen molar-refractivity contribution in [3.8, 4) is 0 Å². The van der Waals surface area contributed by atoms with E-state index in [0.717, 1.165) is 37.7 Å². The van der Waals surface area contributed by atoms with E-state index in [-0.39, 0.29) is 29.4 Å². The zero-order chi connectivity index (χ0) is 15.5. The summed E-state index contributed by atoms with van der Waals surface area (Å²) in [5.74, 6) is 1.42. The quantitative estimate of drug-likeness (QED) is 0.447. The molecular weight excluding hydrogens is 407 g/mol. The fourth-order valence-electron chi connectivity index (χ4n) is 2.55. The molecule has 1 aliphatic rings. The number of aliphatic imine (C=N–C) groups is 1. The third-order valence-corrected chi connectivity index (χ3v) is 5.13. The molecule has 0 aromatic carbocycles. The van der Waals surface area contributed by atoms with Gasteiger partial charge in [-0.05, 0) is 18.8 Å². The predicted molar refractivity (Wildman–Crippen MR) is 106 cm³/mol. The van der Waals surface area contributed by atoms with Gasteiger partial charge in [0.25, 0.3) is 0 Å². The third-order valence-electron chi connectivity index (χ3n) is 3.82. The zero-order valence-corrected chi connectivity index (χ0v) is 17.3. The summed E-state index contributed by atoms with van der Waals surface area (Å²) in [4.78, 5) is 11.4. The molecule has 0 amide bonds. The Bertz CT molecular complexity index is 493. The zero-order valence-electron chi connectivity index (χ0n) is 14.1. The molecule has 1 atom stereocenters. The molecule has 0 bridgehead atoms. The summed E-state index contributed by atoms with van der Waals surface area (Å²) < 4.78 is 0. The number of aromatic nitrogens is 1. The standard InChI is InChI=1S/C16H28N4S.HI/c1-12-6-5-9-20(10-12)15(17)18-8-7-13-11-21-14(19-13)16(2,3)4;/h11-12H,5-10H2,1-4H3,(H2,17,18);1H. The van der Waals surface area contributed by atoms with Gasteiger partial charge in [0, 0.05) is 36.9 Å². The summed E-state index contributed by atoms with van der Waals surface area (Å²) in [5, 5.41) is 3.34. The van der Waals surface area contributed by atoms with E-state index >= 15 is 0 Å². The lowest BCUT2D eigenvalue weighted by Gasteiger charge is -2.31. The summed E-state index contributed by atoms with van der Waals surface area (Å²) in [6.45, 7) is 11.7. The van der Waals surface area contributed by atoms with Crippen LogP contribution in [0.3, 0.4) is 0 Å². The molecule has 126 valence electrons. The maximum absolute atomic E-state index is 6.11. The molecule has 1 aromatic heterocycles. The van der Waals surface area contributed by atoms with E-state index in [1.807, 2.05) is 0 Å². The first-order valence-corrected chi connectivity index (χ1v) is 8.74. The van der Waals surface area contributed by atoms with Crippen LogP contribution in [0.15, 0.2) is 10.4 Å². The molecule has 0 radical (unpaired) electrons. The van der Waals surface area contributed by atoms with E-state index in [1.54, 1.807) is 11.3 Å². The maximum Gasteiger partial charge on any atom is 0.191 e. The van der Waals surface area contributed by atoms with E-state index in [0.29, 0.717) is 5.96 Å². The fraction of sp³-hybridized carbons (Fsp3) is 0.750. The molecule has 1 aromatic rings. The lowest BCUT2D eigenvalue weighted by atomic mass is 9.98. The molecule has 1 aliphatic heterocycles.